The average molecular weight is 268 g/mol. The Morgan fingerprint density at radius 1 is 1.37 bits per heavy atom. The molecule has 102 valence electrons. The van der Waals surface area contributed by atoms with Crippen LogP contribution in [0.3, 0.4) is 0 Å². The molecule has 2 aromatic rings. The molecule has 0 bridgehead atoms. The summed E-state index contributed by atoms with van der Waals surface area (Å²) in [4.78, 5) is 15.0. The number of fused-ring (bicyclic) bond motifs is 1. The van der Waals surface area contributed by atoms with E-state index in [1.807, 2.05) is 0 Å². The van der Waals surface area contributed by atoms with Gasteiger partial charge < -0.3 is 5.73 Å². The molecule has 2 heterocycles. The molecule has 19 heavy (non-hydrogen) atoms. The number of primary amides is 1. The number of carbonyl (C=O) groups excluding carboxylic acids is 1. The van der Waals surface area contributed by atoms with Gasteiger partial charge in [-0.3, -0.25) is 9.89 Å². The minimum absolute atomic E-state index is 0.0194. The summed E-state index contributed by atoms with van der Waals surface area (Å²) in [6.07, 6.45) is 1.07. The van der Waals surface area contributed by atoms with E-state index < -0.39 is 17.2 Å². The molecule has 5 nitrogen and oxygen atoms in total. The summed E-state index contributed by atoms with van der Waals surface area (Å²) in [6.45, 7) is 4.30. The Bertz CT molecular complexity index is 643. The molecule has 0 atom stereocenters. The molecule has 0 spiro atoms. The van der Waals surface area contributed by atoms with Crippen LogP contribution in [0.1, 0.15) is 36.8 Å². The minimum atomic E-state index is -3.08. The van der Waals surface area contributed by atoms with Crippen LogP contribution in [-0.2, 0) is 5.92 Å². The fraction of sp³-hybridized carbons (Fsp3) is 0.417. The first-order valence-electron chi connectivity index (χ1n) is 5.67. The Morgan fingerprint density at radius 2 is 2.00 bits per heavy atom. The van der Waals surface area contributed by atoms with Gasteiger partial charge in [0.05, 0.1) is 5.39 Å². The Morgan fingerprint density at radius 3 is 2.53 bits per heavy atom. The minimum Gasteiger partial charge on any atom is -0.364 e. The lowest BCUT2D eigenvalue weighted by molar-refractivity contribution is -0.104. The topological polar surface area (TPSA) is 84.7 Å². The van der Waals surface area contributed by atoms with E-state index in [1.54, 1.807) is 0 Å². The summed E-state index contributed by atoms with van der Waals surface area (Å²) in [5.41, 5.74) is 3.77. The maximum atomic E-state index is 14.2. The number of aromatic amines is 1. The van der Waals surface area contributed by atoms with E-state index in [-0.39, 0.29) is 22.3 Å². The normalized spacial score (nSPS) is 12.9. The molecule has 3 N–H and O–H groups in total. The van der Waals surface area contributed by atoms with Crippen LogP contribution in [0.15, 0.2) is 12.3 Å². The van der Waals surface area contributed by atoms with Crippen molar-refractivity contribution in [2.45, 2.75) is 26.7 Å². The first kappa shape index (κ1) is 13.4. The van der Waals surface area contributed by atoms with Gasteiger partial charge in [0.25, 0.3) is 11.8 Å². The Hall–Kier alpha value is -2.05. The highest BCUT2D eigenvalue weighted by atomic mass is 19.3. The number of carbonyl (C=O) groups is 1. The van der Waals surface area contributed by atoms with Gasteiger partial charge >= 0.3 is 0 Å². The van der Waals surface area contributed by atoms with E-state index in [4.69, 9.17) is 5.73 Å². The van der Waals surface area contributed by atoms with Gasteiger partial charge in [0, 0.05) is 17.2 Å². The van der Waals surface area contributed by atoms with Gasteiger partial charge in [-0.2, -0.15) is 5.10 Å². The van der Waals surface area contributed by atoms with Crippen molar-refractivity contribution in [3.8, 4) is 0 Å². The summed E-state index contributed by atoms with van der Waals surface area (Å²) >= 11 is 0. The molecule has 0 radical (unpaired) electrons. The number of hydrogen-bond acceptors (Lipinski definition) is 3. The van der Waals surface area contributed by atoms with Gasteiger partial charge in [-0.25, -0.2) is 13.8 Å². The van der Waals surface area contributed by atoms with E-state index in [0.717, 1.165) is 6.20 Å². The summed E-state index contributed by atoms with van der Waals surface area (Å²) in [7, 11) is 0. The summed E-state index contributed by atoms with van der Waals surface area (Å²) in [5, 5.41) is 6.34. The van der Waals surface area contributed by atoms with Crippen LogP contribution < -0.4 is 5.73 Å². The predicted molar refractivity (Wildman–Crippen MR) is 65.8 cm³/mol. The molecule has 2 aromatic heterocycles. The Kier molecular flexibility index (Phi) is 2.80. The van der Waals surface area contributed by atoms with Crippen molar-refractivity contribution in [2.24, 2.45) is 11.1 Å². The average Bonchev–Trinajstić information content (AvgIpc) is 2.69. The molecule has 0 aliphatic heterocycles. The van der Waals surface area contributed by atoms with Crippen LogP contribution in [0.2, 0.25) is 0 Å². The zero-order chi connectivity index (χ0) is 14.4. The molecule has 0 aliphatic rings. The number of alkyl halides is 2. The number of H-pyrrole nitrogens is 1. The standard InChI is InChI=1S/C12H14F2N4O/c1-11(2,3)12(13,14)6-4-7-8(9(15)19)17-18-10(7)16-5-6/h4-5H,1-3H3,(H2,15,19)(H,16,17,18). The number of nitrogens with zero attached hydrogens (tertiary/aromatic N) is 2. The third kappa shape index (κ3) is 2.05. The van der Waals surface area contributed by atoms with Crippen molar-refractivity contribution in [3.05, 3.63) is 23.5 Å². The van der Waals surface area contributed by atoms with Crippen LogP contribution in [0.25, 0.3) is 11.0 Å². The highest BCUT2D eigenvalue weighted by molar-refractivity contribution is 6.03. The number of hydrogen-bond donors (Lipinski definition) is 2. The van der Waals surface area contributed by atoms with Crippen LogP contribution >= 0.6 is 0 Å². The molecule has 0 unspecified atom stereocenters. The van der Waals surface area contributed by atoms with E-state index in [2.05, 4.69) is 15.2 Å². The molecular formula is C12H14F2N4O. The molecular weight excluding hydrogens is 254 g/mol. The zero-order valence-electron chi connectivity index (χ0n) is 10.8. The van der Waals surface area contributed by atoms with E-state index in [9.17, 15) is 13.6 Å². The van der Waals surface area contributed by atoms with E-state index >= 15 is 0 Å². The summed E-state index contributed by atoms with van der Waals surface area (Å²) < 4.78 is 28.5. The number of halogens is 2. The van der Waals surface area contributed by atoms with Crippen LogP contribution in [0.5, 0.6) is 0 Å². The van der Waals surface area contributed by atoms with Crippen LogP contribution in [-0.4, -0.2) is 21.1 Å². The van der Waals surface area contributed by atoms with Gasteiger partial charge in [0.15, 0.2) is 5.65 Å². The van der Waals surface area contributed by atoms with Gasteiger partial charge in [-0.1, -0.05) is 20.8 Å². The number of amides is 1. The third-order valence-electron chi connectivity index (χ3n) is 2.96. The van der Waals surface area contributed by atoms with Crippen molar-refractivity contribution >= 4 is 16.9 Å². The second-order valence-electron chi connectivity index (χ2n) is 5.38. The quantitative estimate of drug-likeness (QED) is 0.875. The number of nitrogens with two attached hydrogens (primary N) is 1. The number of aromatic nitrogens is 3. The smallest absolute Gasteiger partial charge is 0.279 e. The number of rotatable bonds is 2. The molecule has 2 rings (SSSR count). The lowest BCUT2D eigenvalue weighted by Gasteiger charge is -2.30. The third-order valence-corrected chi connectivity index (χ3v) is 2.96. The fourth-order valence-corrected chi connectivity index (χ4v) is 1.69. The van der Waals surface area contributed by atoms with Gasteiger partial charge in [0.1, 0.15) is 5.69 Å². The molecule has 1 amide bonds. The van der Waals surface area contributed by atoms with Crippen molar-refractivity contribution < 1.29 is 13.6 Å². The second-order valence-corrected chi connectivity index (χ2v) is 5.38. The molecule has 0 saturated heterocycles. The van der Waals surface area contributed by atoms with Crippen molar-refractivity contribution in [1.82, 2.24) is 15.2 Å². The number of nitrogens with one attached hydrogen (secondary N) is 1. The Balaban J connectivity index is 2.64. The summed E-state index contributed by atoms with van der Waals surface area (Å²) in [6, 6.07) is 1.21. The SMILES string of the molecule is CC(C)(C)C(F)(F)c1cnc2n[nH]c(C(N)=O)c2c1. The van der Waals surface area contributed by atoms with Crippen molar-refractivity contribution in [3.63, 3.8) is 0 Å². The number of pyridine rings is 1. The fourth-order valence-electron chi connectivity index (χ4n) is 1.69. The molecule has 7 heteroatoms. The highest BCUT2D eigenvalue weighted by Gasteiger charge is 2.45. The highest BCUT2D eigenvalue weighted by Crippen LogP contribution is 2.44. The van der Waals surface area contributed by atoms with Crippen LogP contribution in [0.4, 0.5) is 8.78 Å². The maximum absolute atomic E-state index is 14.2. The maximum Gasteiger partial charge on any atom is 0.279 e. The van der Waals surface area contributed by atoms with Crippen molar-refractivity contribution in [1.29, 1.82) is 0 Å². The summed E-state index contributed by atoms with van der Waals surface area (Å²) in [5.74, 6) is -3.85. The zero-order valence-corrected chi connectivity index (χ0v) is 10.8. The van der Waals surface area contributed by atoms with Gasteiger partial charge in [-0.05, 0) is 6.07 Å². The van der Waals surface area contributed by atoms with Gasteiger partial charge in [-0.15, -0.1) is 0 Å². The van der Waals surface area contributed by atoms with Crippen molar-refractivity contribution in [2.75, 3.05) is 0 Å². The van der Waals surface area contributed by atoms with Gasteiger partial charge in [0.2, 0.25) is 0 Å². The Labute approximate surface area is 108 Å². The first-order valence-corrected chi connectivity index (χ1v) is 5.67. The molecule has 0 aromatic carbocycles. The lowest BCUT2D eigenvalue weighted by Crippen LogP contribution is -2.31. The monoisotopic (exact) mass is 268 g/mol. The van der Waals surface area contributed by atoms with E-state index in [0.29, 0.717) is 0 Å². The molecule has 0 fully saturated rings. The van der Waals surface area contributed by atoms with E-state index in [1.165, 1.54) is 26.8 Å². The largest absolute Gasteiger partial charge is 0.364 e. The predicted octanol–water partition coefficient (Wildman–Crippen LogP) is 2.19. The second kappa shape index (κ2) is 3.97. The lowest BCUT2D eigenvalue weighted by atomic mass is 9.84. The molecule has 0 saturated carbocycles. The van der Waals surface area contributed by atoms with Crippen LogP contribution in [0, 0.1) is 5.41 Å². The first-order chi connectivity index (χ1) is 8.64. The molecule has 0 aliphatic carbocycles.